The third-order valence-corrected chi connectivity index (χ3v) is 2.89. The average molecular weight is 207 g/mol. The molecule has 0 aliphatic heterocycles. The summed E-state index contributed by atoms with van der Waals surface area (Å²) in [5.74, 6) is 2.25. The number of hydrogen-bond acceptors (Lipinski definition) is 3. The highest BCUT2D eigenvalue weighted by molar-refractivity contribution is 5.40. The van der Waals surface area contributed by atoms with Crippen molar-refractivity contribution in [2.24, 2.45) is 11.7 Å². The molecule has 3 heteroatoms. The summed E-state index contributed by atoms with van der Waals surface area (Å²) in [6.45, 7) is 0. The molecule has 1 aromatic rings. The molecule has 0 amide bonds. The van der Waals surface area contributed by atoms with E-state index in [1.807, 2.05) is 18.2 Å². The molecule has 1 fully saturated rings. The summed E-state index contributed by atoms with van der Waals surface area (Å²) in [6.07, 6.45) is 2.47. The lowest BCUT2D eigenvalue weighted by atomic mass is 10.0. The van der Waals surface area contributed by atoms with Gasteiger partial charge in [-0.1, -0.05) is 0 Å². The lowest BCUT2D eigenvalue weighted by Crippen LogP contribution is -2.12. The van der Waals surface area contributed by atoms with Crippen molar-refractivity contribution in [3.63, 3.8) is 0 Å². The van der Waals surface area contributed by atoms with E-state index in [1.54, 1.807) is 14.2 Å². The van der Waals surface area contributed by atoms with E-state index in [0.29, 0.717) is 5.92 Å². The molecular formula is C12H17NO2. The molecule has 1 saturated carbocycles. The van der Waals surface area contributed by atoms with Gasteiger partial charge in [0.1, 0.15) is 11.5 Å². The first-order valence-corrected chi connectivity index (χ1v) is 5.23. The van der Waals surface area contributed by atoms with Crippen molar-refractivity contribution in [3.05, 3.63) is 23.8 Å². The van der Waals surface area contributed by atoms with Crippen LogP contribution < -0.4 is 15.2 Å². The number of methoxy groups -OCH3 is 2. The molecule has 0 unspecified atom stereocenters. The number of hydrogen-bond donors (Lipinski definition) is 1. The Balaban J connectivity index is 2.28. The first-order chi connectivity index (χ1) is 7.24. The van der Waals surface area contributed by atoms with Crippen molar-refractivity contribution in [2.75, 3.05) is 14.2 Å². The Morgan fingerprint density at radius 2 is 1.67 bits per heavy atom. The summed E-state index contributed by atoms with van der Waals surface area (Å²) >= 11 is 0. The summed E-state index contributed by atoms with van der Waals surface area (Å²) in [7, 11) is 3.31. The van der Waals surface area contributed by atoms with Gasteiger partial charge in [0.25, 0.3) is 0 Å². The van der Waals surface area contributed by atoms with Crippen LogP contribution >= 0.6 is 0 Å². The molecule has 1 aromatic carbocycles. The molecule has 15 heavy (non-hydrogen) atoms. The predicted octanol–water partition coefficient (Wildman–Crippen LogP) is 2.11. The van der Waals surface area contributed by atoms with E-state index in [0.717, 1.165) is 17.1 Å². The molecular weight excluding hydrogens is 190 g/mol. The van der Waals surface area contributed by atoms with Gasteiger partial charge in [-0.2, -0.15) is 0 Å². The second-order valence-corrected chi connectivity index (χ2v) is 4.01. The average Bonchev–Trinajstić information content (AvgIpc) is 3.11. The van der Waals surface area contributed by atoms with Gasteiger partial charge in [0.15, 0.2) is 0 Å². The lowest BCUT2D eigenvalue weighted by Gasteiger charge is -2.13. The monoisotopic (exact) mass is 207 g/mol. The highest BCUT2D eigenvalue weighted by Gasteiger charge is 2.29. The van der Waals surface area contributed by atoms with Gasteiger partial charge in [0, 0.05) is 12.1 Å². The fraction of sp³-hybridized carbons (Fsp3) is 0.500. The molecule has 0 heterocycles. The molecule has 1 aliphatic carbocycles. The smallest absolute Gasteiger partial charge is 0.122 e. The largest absolute Gasteiger partial charge is 0.497 e. The molecule has 82 valence electrons. The first kappa shape index (κ1) is 10.3. The van der Waals surface area contributed by atoms with E-state index >= 15 is 0 Å². The number of rotatable bonds is 4. The van der Waals surface area contributed by atoms with Gasteiger partial charge in [-0.05, 0) is 36.5 Å². The van der Waals surface area contributed by atoms with Crippen LogP contribution in [0, 0.1) is 5.92 Å². The molecule has 1 atom stereocenters. The topological polar surface area (TPSA) is 44.5 Å². The Morgan fingerprint density at radius 1 is 1.13 bits per heavy atom. The van der Waals surface area contributed by atoms with Crippen LogP contribution in [0.3, 0.4) is 0 Å². The molecule has 0 aromatic heterocycles. The van der Waals surface area contributed by atoms with Gasteiger partial charge >= 0.3 is 0 Å². The minimum atomic E-state index is 0.119. The quantitative estimate of drug-likeness (QED) is 0.822. The van der Waals surface area contributed by atoms with Crippen LogP contribution in [0.5, 0.6) is 11.5 Å². The fourth-order valence-corrected chi connectivity index (χ4v) is 1.75. The zero-order valence-electron chi connectivity index (χ0n) is 9.19. The van der Waals surface area contributed by atoms with Crippen molar-refractivity contribution < 1.29 is 9.47 Å². The maximum atomic E-state index is 6.14. The summed E-state index contributed by atoms with van der Waals surface area (Å²) in [4.78, 5) is 0. The Kier molecular flexibility index (Phi) is 2.82. The lowest BCUT2D eigenvalue weighted by molar-refractivity contribution is 0.392. The Labute approximate surface area is 90.2 Å². The van der Waals surface area contributed by atoms with Crippen LogP contribution in [0.1, 0.15) is 24.4 Å². The predicted molar refractivity (Wildman–Crippen MR) is 59.2 cm³/mol. The Bertz CT molecular complexity index is 325. The van der Waals surface area contributed by atoms with E-state index in [9.17, 15) is 0 Å². The van der Waals surface area contributed by atoms with Gasteiger partial charge in [0.05, 0.1) is 14.2 Å². The molecule has 1 aliphatic rings. The van der Waals surface area contributed by atoms with Gasteiger partial charge in [-0.25, -0.2) is 0 Å². The van der Waals surface area contributed by atoms with Crippen molar-refractivity contribution in [3.8, 4) is 11.5 Å². The van der Waals surface area contributed by atoms with Crippen LogP contribution in [0.2, 0.25) is 0 Å². The molecule has 0 bridgehead atoms. The van der Waals surface area contributed by atoms with Gasteiger partial charge in [-0.3, -0.25) is 0 Å². The Hall–Kier alpha value is -1.22. The van der Waals surface area contributed by atoms with E-state index in [-0.39, 0.29) is 6.04 Å². The maximum absolute atomic E-state index is 6.14. The van der Waals surface area contributed by atoms with E-state index in [2.05, 4.69) is 0 Å². The van der Waals surface area contributed by atoms with Crippen molar-refractivity contribution in [2.45, 2.75) is 18.9 Å². The number of ether oxygens (including phenoxy) is 2. The summed E-state index contributed by atoms with van der Waals surface area (Å²) in [5, 5.41) is 0. The van der Waals surface area contributed by atoms with Gasteiger partial charge in [0.2, 0.25) is 0 Å². The van der Waals surface area contributed by atoms with Crippen LogP contribution in [0.15, 0.2) is 18.2 Å². The van der Waals surface area contributed by atoms with Crippen molar-refractivity contribution in [1.82, 2.24) is 0 Å². The van der Waals surface area contributed by atoms with E-state index in [1.165, 1.54) is 12.8 Å². The zero-order valence-corrected chi connectivity index (χ0v) is 9.19. The standard InChI is InChI=1S/C12H17NO2/c1-14-10-5-9(6-11(7-10)15-2)12(13)8-3-4-8/h5-8,12H,3-4,13H2,1-2H3/t12-/m1/s1. The van der Waals surface area contributed by atoms with Crippen LogP contribution in [-0.4, -0.2) is 14.2 Å². The molecule has 2 N–H and O–H groups in total. The molecule has 3 nitrogen and oxygen atoms in total. The fourth-order valence-electron chi connectivity index (χ4n) is 1.75. The van der Waals surface area contributed by atoms with E-state index < -0.39 is 0 Å². The second-order valence-electron chi connectivity index (χ2n) is 4.01. The second kappa shape index (κ2) is 4.11. The highest BCUT2D eigenvalue weighted by Crippen LogP contribution is 2.41. The minimum Gasteiger partial charge on any atom is -0.497 e. The van der Waals surface area contributed by atoms with Crippen LogP contribution in [0.4, 0.5) is 0 Å². The third-order valence-electron chi connectivity index (χ3n) is 2.89. The maximum Gasteiger partial charge on any atom is 0.122 e. The summed E-state index contributed by atoms with van der Waals surface area (Å²) < 4.78 is 10.4. The SMILES string of the molecule is COc1cc(OC)cc([C@H](N)C2CC2)c1. The summed E-state index contributed by atoms with van der Waals surface area (Å²) in [5.41, 5.74) is 7.24. The Morgan fingerprint density at radius 3 is 2.07 bits per heavy atom. The minimum absolute atomic E-state index is 0.119. The highest BCUT2D eigenvalue weighted by atomic mass is 16.5. The van der Waals surface area contributed by atoms with Gasteiger partial charge < -0.3 is 15.2 Å². The van der Waals surface area contributed by atoms with E-state index in [4.69, 9.17) is 15.2 Å². The van der Waals surface area contributed by atoms with Crippen molar-refractivity contribution in [1.29, 1.82) is 0 Å². The normalized spacial score (nSPS) is 17.3. The van der Waals surface area contributed by atoms with Gasteiger partial charge in [-0.15, -0.1) is 0 Å². The van der Waals surface area contributed by atoms with Crippen LogP contribution in [-0.2, 0) is 0 Å². The molecule has 0 saturated heterocycles. The first-order valence-electron chi connectivity index (χ1n) is 5.23. The number of benzene rings is 1. The summed E-state index contributed by atoms with van der Waals surface area (Å²) in [6, 6.07) is 5.97. The molecule has 2 rings (SSSR count). The van der Waals surface area contributed by atoms with Crippen LogP contribution in [0.25, 0.3) is 0 Å². The third kappa shape index (κ3) is 2.23. The number of nitrogens with two attached hydrogens (primary N) is 1. The molecule has 0 radical (unpaired) electrons. The molecule has 0 spiro atoms. The van der Waals surface area contributed by atoms with Crippen molar-refractivity contribution >= 4 is 0 Å². The zero-order chi connectivity index (χ0) is 10.8.